The molecular weight excluding hydrogens is 246 g/mol. The number of para-hydroxylation sites is 1. The number of amides is 4. The van der Waals surface area contributed by atoms with Crippen LogP contribution in [0.1, 0.15) is 13.3 Å². The number of carbonyl (C=O) groups excluding carboxylic acids is 3. The largest absolute Gasteiger partial charge is 0.370 e. The lowest BCUT2D eigenvalue weighted by atomic mass is 10.2. The number of carbonyl (C=O) groups is 3. The zero-order valence-corrected chi connectivity index (χ0v) is 10.6. The van der Waals surface area contributed by atoms with Crippen LogP contribution < -0.4 is 10.6 Å². The van der Waals surface area contributed by atoms with Gasteiger partial charge in [0.1, 0.15) is 6.04 Å². The van der Waals surface area contributed by atoms with Crippen molar-refractivity contribution in [1.82, 2.24) is 4.90 Å². The van der Waals surface area contributed by atoms with Crippen LogP contribution >= 0.6 is 0 Å². The van der Waals surface area contributed by atoms with Gasteiger partial charge in [-0.15, -0.1) is 0 Å². The lowest BCUT2D eigenvalue weighted by Crippen LogP contribution is -2.35. The number of urea groups is 1. The van der Waals surface area contributed by atoms with E-state index in [2.05, 4.69) is 0 Å². The van der Waals surface area contributed by atoms with E-state index in [0.717, 1.165) is 4.90 Å². The van der Waals surface area contributed by atoms with Gasteiger partial charge in [-0.3, -0.25) is 19.4 Å². The van der Waals surface area contributed by atoms with E-state index in [-0.39, 0.29) is 18.9 Å². The van der Waals surface area contributed by atoms with E-state index < -0.39 is 18.0 Å². The van der Waals surface area contributed by atoms with Gasteiger partial charge >= 0.3 is 6.03 Å². The van der Waals surface area contributed by atoms with E-state index in [4.69, 9.17) is 5.73 Å². The molecule has 1 aliphatic rings. The van der Waals surface area contributed by atoms with Crippen molar-refractivity contribution >= 4 is 23.5 Å². The van der Waals surface area contributed by atoms with Crippen molar-refractivity contribution in [2.45, 2.75) is 19.4 Å². The van der Waals surface area contributed by atoms with E-state index in [0.29, 0.717) is 5.69 Å². The highest BCUT2D eigenvalue weighted by atomic mass is 16.2. The van der Waals surface area contributed by atoms with Crippen LogP contribution in [0.25, 0.3) is 0 Å². The van der Waals surface area contributed by atoms with Gasteiger partial charge in [-0.25, -0.2) is 4.79 Å². The SMILES string of the molecule is CC1C(=O)N(CCC(N)=O)C(=O)N1c1ccccc1. The fourth-order valence-electron chi connectivity index (χ4n) is 2.08. The lowest BCUT2D eigenvalue weighted by molar-refractivity contribution is -0.127. The molecule has 0 spiro atoms. The van der Waals surface area contributed by atoms with Crippen LogP contribution in [-0.2, 0) is 9.59 Å². The van der Waals surface area contributed by atoms with Crippen molar-refractivity contribution in [2.24, 2.45) is 5.73 Å². The number of hydrogen-bond donors (Lipinski definition) is 1. The minimum absolute atomic E-state index is 0.0210. The summed E-state index contributed by atoms with van der Waals surface area (Å²) < 4.78 is 0. The average Bonchev–Trinajstić information content (AvgIpc) is 2.59. The third-order valence-electron chi connectivity index (χ3n) is 3.06. The highest BCUT2D eigenvalue weighted by Gasteiger charge is 2.42. The van der Waals surface area contributed by atoms with Gasteiger partial charge in [-0.1, -0.05) is 18.2 Å². The number of primary amides is 1. The number of nitrogens with two attached hydrogens (primary N) is 1. The highest BCUT2D eigenvalue weighted by molar-refractivity contribution is 6.14. The monoisotopic (exact) mass is 261 g/mol. The number of nitrogens with zero attached hydrogens (tertiary/aromatic N) is 2. The van der Waals surface area contributed by atoms with Crippen molar-refractivity contribution in [3.8, 4) is 0 Å². The van der Waals surface area contributed by atoms with Crippen molar-refractivity contribution in [1.29, 1.82) is 0 Å². The molecule has 6 heteroatoms. The molecule has 2 rings (SSSR count). The van der Waals surface area contributed by atoms with Crippen LogP contribution in [0.2, 0.25) is 0 Å². The molecule has 0 saturated carbocycles. The zero-order chi connectivity index (χ0) is 14.0. The molecule has 0 aliphatic carbocycles. The molecular formula is C13H15N3O3. The smallest absolute Gasteiger partial charge is 0.331 e. The molecule has 1 saturated heterocycles. The number of benzene rings is 1. The molecule has 0 bridgehead atoms. The Morgan fingerprint density at radius 2 is 1.89 bits per heavy atom. The summed E-state index contributed by atoms with van der Waals surface area (Å²) in [6.07, 6.45) is -0.0210. The fourth-order valence-corrected chi connectivity index (χ4v) is 2.08. The molecule has 100 valence electrons. The molecule has 2 N–H and O–H groups in total. The molecule has 1 atom stereocenters. The number of anilines is 1. The maximum atomic E-state index is 12.2. The van der Waals surface area contributed by atoms with Crippen LogP contribution in [-0.4, -0.2) is 35.3 Å². The number of rotatable bonds is 4. The first-order chi connectivity index (χ1) is 9.02. The summed E-state index contributed by atoms with van der Waals surface area (Å²) in [6.45, 7) is 1.69. The second-order valence-electron chi connectivity index (χ2n) is 4.37. The molecule has 6 nitrogen and oxygen atoms in total. The summed E-state index contributed by atoms with van der Waals surface area (Å²) >= 11 is 0. The summed E-state index contributed by atoms with van der Waals surface area (Å²) in [7, 11) is 0. The Kier molecular flexibility index (Phi) is 3.50. The van der Waals surface area contributed by atoms with Crippen molar-refractivity contribution in [3.05, 3.63) is 30.3 Å². The molecule has 1 heterocycles. The summed E-state index contributed by atoms with van der Waals surface area (Å²) in [5.41, 5.74) is 5.70. The molecule has 1 fully saturated rings. The van der Waals surface area contributed by atoms with Crippen LogP contribution in [0.5, 0.6) is 0 Å². The third-order valence-corrected chi connectivity index (χ3v) is 3.06. The minimum atomic E-state index is -0.567. The van der Waals surface area contributed by atoms with Gasteiger partial charge in [0, 0.05) is 18.7 Å². The maximum Gasteiger partial charge on any atom is 0.331 e. The predicted octanol–water partition coefficient (Wildman–Crippen LogP) is 0.719. The molecule has 0 aromatic heterocycles. The van der Waals surface area contributed by atoms with Crippen molar-refractivity contribution in [3.63, 3.8) is 0 Å². The molecule has 1 unspecified atom stereocenters. The quantitative estimate of drug-likeness (QED) is 0.810. The standard InChI is InChI=1S/C13H15N3O3/c1-9-12(18)15(8-7-11(14)17)13(19)16(9)10-5-3-2-4-6-10/h2-6,9H,7-8H2,1H3,(H2,14,17). The van der Waals surface area contributed by atoms with Crippen molar-refractivity contribution < 1.29 is 14.4 Å². The van der Waals surface area contributed by atoms with E-state index in [1.165, 1.54) is 4.90 Å². The maximum absolute atomic E-state index is 12.2. The molecule has 1 aromatic carbocycles. The van der Waals surface area contributed by atoms with Gasteiger partial charge < -0.3 is 5.73 Å². The Morgan fingerprint density at radius 1 is 1.26 bits per heavy atom. The predicted molar refractivity (Wildman–Crippen MR) is 69.3 cm³/mol. The van der Waals surface area contributed by atoms with Crippen molar-refractivity contribution in [2.75, 3.05) is 11.4 Å². The van der Waals surface area contributed by atoms with Gasteiger partial charge in [-0.05, 0) is 19.1 Å². The number of imide groups is 1. The molecule has 19 heavy (non-hydrogen) atoms. The van der Waals surface area contributed by atoms with E-state index >= 15 is 0 Å². The first-order valence-corrected chi connectivity index (χ1v) is 6.00. The molecule has 1 aromatic rings. The van der Waals surface area contributed by atoms with E-state index in [1.54, 1.807) is 31.2 Å². The Morgan fingerprint density at radius 3 is 2.47 bits per heavy atom. The van der Waals surface area contributed by atoms with Crippen LogP contribution in [0, 0.1) is 0 Å². The van der Waals surface area contributed by atoms with Gasteiger partial charge in [0.25, 0.3) is 5.91 Å². The third kappa shape index (κ3) is 2.42. The van der Waals surface area contributed by atoms with E-state index in [9.17, 15) is 14.4 Å². The lowest BCUT2D eigenvalue weighted by Gasteiger charge is -2.19. The Bertz CT molecular complexity index is 515. The van der Waals surface area contributed by atoms with Gasteiger partial charge in [-0.2, -0.15) is 0 Å². The molecule has 4 amide bonds. The first kappa shape index (κ1) is 13.1. The Hall–Kier alpha value is -2.37. The second kappa shape index (κ2) is 5.09. The number of hydrogen-bond acceptors (Lipinski definition) is 3. The fraction of sp³-hybridized carbons (Fsp3) is 0.308. The van der Waals surface area contributed by atoms with E-state index in [1.807, 2.05) is 6.07 Å². The normalized spacial score (nSPS) is 19.1. The summed E-state index contributed by atoms with van der Waals surface area (Å²) in [5, 5.41) is 0. The Balaban J connectivity index is 2.22. The van der Waals surface area contributed by atoms with Gasteiger partial charge in [0.05, 0.1) is 0 Å². The molecule has 1 aliphatic heterocycles. The van der Waals surface area contributed by atoms with Crippen LogP contribution in [0.15, 0.2) is 30.3 Å². The summed E-state index contributed by atoms with van der Waals surface area (Å²) in [4.78, 5) is 37.5. The minimum Gasteiger partial charge on any atom is -0.370 e. The average molecular weight is 261 g/mol. The van der Waals surface area contributed by atoms with Gasteiger partial charge in [0.2, 0.25) is 5.91 Å². The Labute approximate surface area is 110 Å². The van der Waals surface area contributed by atoms with Gasteiger partial charge in [0.15, 0.2) is 0 Å². The highest BCUT2D eigenvalue weighted by Crippen LogP contribution is 2.25. The second-order valence-corrected chi connectivity index (χ2v) is 4.37. The molecule has 0 radical (unpaired) electrons. The van der Waals surface area contributed by atoms with Crippen LogP contribution in [0.3, 0.4) is 0 Å². The zero-order valence-electron chi connectivity index (χ0n) is 10.6. The summed E-state index contributed by atoms with van der Waals surface area (Å²) in [6, 6.07) is 7.98. The first-order valence-electron chi connectivity index (χ1n) is 6.00. The summed E-state index contributed by atoms with van der Waals surface area (Å²) in [5.74, 6) is -0.846. The topological polar surface area (TPSA) is 83.7 Å². The van der Waals surface area contributed by atoms with Crippen LogP contribution in [0.4, 0.5) is 10.5 Å².